The summed E-state index contributed by atoms with van der Waals surface area (Å²) in [4.78, 5) is 41.0. The molecular weight excluding hydrogens is 594 g/mol. The molecule has 1 saturated carbocycles. The van der Waals surface area contributed by atoms with E-state index in [2.05, 4.69) is 36.5 Å². The van der Waals surface area contributed by atoms with Crippen LogP contribution < -0.4 is 11.1 Å². The van der Waals surface area contributed by atoms with Crippen molar-refractivity contribution in [1.82, 2.24) is 10.2 Å². The first-order chi connectivity index (χ1) is 22.4. The molecular formula is C38H67N3O6. The highest BCUT2D eigenvalue weighted by Gasteiger charge is 2.50. The molecule has 2 fully saturated rings. The molecule has 0 aromatic carbocycles. The summed E-state index contributed by atoms with van der Waals surface area (Å²) in [6, 6.07) is -0.583. The van der Waals surface area contributed by atoms with Gasteiger partial charge in [-0.05, 0) is 65.2 Å². The summed E-state index contributed by atoms with van der Waals surface area (Å²) < 4.78 is 11.7. The topological polar surface area (TPSA) is 131 Å². The Hall–Kier alpha value is -2.39. The van der Waals surface area contributed by atoms with Gasteiger partial charge in [-0.25, -0.2) is 4.79 Å². The van der Waals surface area contributed by atoms with E-state index < -0.39 is 40.8 Å². The number of nitrogens with zero attached hydrogens (tertiary/aromatic N) is 1. The van der Waals surface area contributed by atoms with Gasteiger partial charge in [0.15, 0.2) is 5.79 Å². The van der Waals surface area contributed by atoms with E-state index in [0.29, 0.717) is 26.0 Å². The minimum absolute atomic E-state index is 0.0998. The van der Waals surface area contributed by atoms with Crippen LogP contribution in [0, 0.1) is 11.3 Å². The monoisotopic (exact) mass is 662 g/mol. The van der Waals surface area contributed by atoms with Gasteiger partial charge in [-0.3, -0.25) is 9.59 Å². The van der Waals surface area contributed by atoms with Crippen molar-refractivity contribution in [2.24, 2.45) is 17.1 Å². The molecule has 2 unspecified atom stereocenters. The van der Waals surface area contributed by atoms with Crippen LogP contribution in [0.1, 0.15) is 150 Å². The van der Waals surface area contributed by atoms with E-state index in [-0.39, 0.29) is 12.5 Å². The summed E-state index contributed by atoms with van der Waals surface area (Å²) in [6.07, 6.45) is 26.5. The molecule has 2 rings (SSSR count). The van der Waals surface area contributed by atoms with Crippen LogP contribution in [0.4, 0.5) is 4.79 Å². The Bertz CT molecular complexity index is 999. The molecule has 0 radical (unpaired) electrons. The molecule has 0 spiro atoms. The number of nitrogens with two attached hydrogens (primary N) is 1. The van der Waals surface area contributed by atoms with Gasteiger partial charge >= 0.3 is 12.0 Å². The van der Waals surface area contributed by atoms with Gasteiger partial charge in [0, 0.05) is 18.5 Å². The van der Waals surface area contributed by atoms with Gasteiger partial charge in [-0.15, -0.1) is 0 Å². The Morgan fingerprint density at radius 1 is 0.872 bits per heavy atom. The quantitative estimate of drug-likeness (QED) is 0.0645. The second-order valence-electron chi connectivity index (χ2n) is 14.9. The standard InChI is InChI=1S/C38H67N3O6/c1-6-7-8-9-10-11-12-13-14-15-16-17-18-19-22-25-28-41(35(39)45)38(26-23-20-21-24-27-38)31(34(43)44)29-40-33(42)32-36(2,3)30-46-37(4,5)47-32/h11-12,14-15,31-32H,6-10,13,16-30H2,1-5H3,(H2,39,45)(H,40,42)(H,43,44)/b12-11+,15-14+. The van der Waals surface area contributed by atoms with E-state index in [4.69, 9.17) is 15.2 Å². The fourth-order valence-corrected chi connectivity index (χ4v) is 7.08. The molecule has 9 heteroatoms. The van der Waals surface area contributed by atoms with Gasteiger partial charge in [0.05, 0.1) is 18.1 Å². The summed E-state index contributed by atoms with van der Waals surface area (Å²) >= 11 is 0. The molecule has 3 amide bonds. The lowest BCUT2D eigenvalue weighted by molar-refractivity contribution is -0.304. The van der Waals surface area contributed by atoms with Crippen LogP contribution >= 0.6 is 0 Å². The number of primary amides is 1. The van der Waals surface area contributed by atoms with E-state index in [1.165, 1.54) is 32.1 Å². The Labute approximate surface area is 285 Å². The molecule has 0 bridgehead atoms. The second kappa shape index (κ2) is 20.9. The van der Waals surface area contributed by atoms with Crippen LogP contribution in [0.5, 0.6) is 0 Å². The summed E-state index contributed by atoms with van der Waals surface area (Å²) in [7, 11) is 0. The smallest absolute Gasteiger partial charge is 0.315 e. The van der Waals surface area contributed by atoms with Gasteiger partial charge in [-0.1, -0.05) is 109 Å². The number of urea groups is 1. The first-order valence-corrected chi connectivity index (χ1v) is 18.6. The predicted octanol–water partition coefficient (Wildman–Crippen LogP) is 8.27. The Balaban J connectivity index is 1.93. The first-order valence-electron chi connectivity index (χ1n) is 18.6. The van der Waals surface area contributed by atoms with Crippen LogP contribution in [0.2, 0.25) is 0 Å². The fraction of sp³-hybridized carbons (Fsp3) is 0.816. The molecule has 2 aliphatic rings. The third kappa shape index (κ3) is 13.9. The van der Waals surface area contributed by atoms with Crippen molar-refractivity contribution in [2.75, 3.05) is 19.7 Å². The maximum absolute atomic E-state index is 13.4. The molecule has 1 aliphatic carbocycles. The Kier molecular flexibility index (Phi) is 18.1. The van der Waals surface area contributed by atoms with Crippen LogP contribution in [0.15, 0.2) is 24.3 Å². The molecule has 1 heterocycles. The van der Waals surface area contributed by atoms with E-state index >= 15 is 0 Å². The van der Waals surface area contributed by atoms with E-state index in [9.17, 15) is 19.5 Å². The number of amides is 3. The average Bonchev–Trinajstić information content (AvgIpc) is 3.26. The molecule has 9 nitrogen and oxygen atoms in total. The SMILES string of the molecule is CCCCCC/C=C/C/C=C/CCCCCCCN(C(N)=O)C1(C(CNC(=O)C2OC(C)(C)OCC2(C)C)C(=O)O)CCCCCC1. The number of ether oxygens (including phenoxy) is 2. The highest BCUT2D eigenvalue weighted by molar-refractivity contribution is 5.83. The zero-order chi connectivity index (χ0) is 34.8. The summed E-state index contributed by atoms with van der Waals surface area (Å²) in [5, 5.41) is 13.4. The minimum atomic E-state index is -1.03. The lowest BCUT2D eigenvalue weighted by Crippen LogP contribution is -2.63. The maximum Gasteiger partial charge on any atom is 0.315 e. The number of carbonyl (C=O) groups is 3. The number of carboxylic acids is 1. The minimum Gasteiger partial charge on any atom is -0.481 e. The molecule has 0 aromatic rings. The highest BCUT2D eigenvalue weighted by atomic mass is 16.7. The zero-order valence-electron chi connectivity index (χ0n) is 30.3. The Morgan fingerprint density at radius 3 is 2.02 bits per heavy atom. The molecule has 0 aromatic heterocycles. The largest absolute Gasteiger partial charge is 0.481 e. The van der Waals surface area contributed by atoms with Crippen molar-refractivity contribution >= 4 is 17.9 Å². The summed E-state index contributed by atoms with van der Waals surface area (Å²) in [6.45, 7) is 10.2. The third-order valence-electron chi connectivity index (χ3n) is 9.92. The van der Waals surface area contributed by atoms with Crippen molar-refractivity contribution in [3.63, 3.8) is 0 Å². The number of nitrogens with one attached hydrogen (secondary N) is 1. The van der Waals surface area contributed by atoms with Crippen molar-refractivity contribution in [2.45, 2.75) is 168 Å². The highest BCUT2D eigenvalue weighted by Crippen LogP contribution is 2.40. The van der Waals surface area contributed by atoms with Gasteiger partial charge < -0.3 is 30.5 Å². The molecule has 2 atom stereocenters. The predicted molar refractivity (Wildman–Crippen MR) is 189 cm³/mol. The maximum atomic E-state index is 13.4. The number of allylic oxidation sites excluding steroid dienone is 4. The third-order valence-corrected chi connectivity index (χ3v) is 9.92. The van der Waals surface area contributed by atoms with Gasteiger partial charge in [0.25, 0.3) is 0 Å². The molecule has 270 valence electrons. The molecule has 1 aliphatic heterocycles. The molecule has 4 N–H and O–H groups in total. The van der Waals surface area contributed by atoms with Crippen LogP contribution in [0.3, 0.4) is 0 Å². The molecule has 47 heavy (non-hydrogen) atoms. The molecule has 1 saturated heterocycles. The van der Waals surface area contributed by atoms with E-state index in [1.54, 1.807) is 18.7 Å². The number of carbonyl (C=O) groups excluding carboxylic acids is 2. The summed E-state index contributed by atoms with van der Waals surface area (Å²) in [5.74, 6) is -3.30. The normalized spacial score (nSPS) is 21.3. The van der Waals surface area contributed by atoms with Crippen LogP contribution in [0.25, 0.3) is 0 Å². The summed E-state index contributed by atoms with van der Waals surface area (Å²) in [5.41, 5.74) is 4.47. The number of hydrogen-bond donors (Lipinski definition) is 3. The van der Waals surface area contributed by atoms with Gasteiger partial charge in [-0.2, -0.15) is 0 Å². The van der Waals surface area contributed by atoms with Crippen molar-refractivity contribution in [3.05, 3.63) is 24.3 Å². The van der Waals surface area contributed by atoms with E-state index in [0.717, 1.165) is 70.6 Å². The average molecular weight is 662 g/mol. The number of rotatable bonds is 21. The second-order valence-corrected chi connectivity index (χ2v) is 14.9. The number of aliphatic carboxylic acids is 1. The fourth-order valence-electron chi connectivity index (χ4n) is 7.08. The lowest BCUT2D eigenvalue weighted by atomic mass is 9.75. The van der Waals surface area contributed by atoms with Gasteiger partial charge in [0.1, 0.15) is 6.10 Å². The number of carboxylic acid groups (broad SMARTS) is 1. The Morgan fingerprint density at radius 2 is 1.45 bits per heavy atom. The van der Waals surface area contributed by atoms with Crippen LogP contribution in [-0.4, -0.2) is 65.0 Å². The zero-order valence-corrected chi connectivity index (χ0v) is 30.3. The van der Waals surface area contributed by atoms with Gasteiger partial charge in [0.2, 0.25) is 5.91 Å². The van der Waals surface area contributed by atoms with Crippen LogP contribution in [-0.2, 0) is 19.1 Å². The number of hydrogen-bond acceptors (Lipinski definition) is 5. The van der Waals surface area contributed by atoms with Crippen molar-refractivity contribution in [3.8, 4) is 0 Å². The van der Waals surface area contributed by atoms with Crippen molar-refractivity contribution in [1.29, 1.82) is 0 Å². The first kappa shape index (κ1) is 40.8. The number of unbranched alkanes of at least 4 members (excludes halogenated alkanes) is 9. The van der Waals surface area contributed by atoms with E-state index in [1.807, 2.05) is 13.8 Å². The lowest BCUT2D eigenvalue weighted by Gasteiger charge is -2.47. The van der Waals surface area contributed by atoms with Crippen molar-refractivity contribution < 1.29 is 29.0 Å².